The van der Waals surface area contributed by atoms with Gasteiger partial charge in [-0.25, -0.2) is 8.42 Å². The number of hydrogen-bond acceptors (Lipinski definition) is 4. The molecule has 4 rings (SSSR count). The van der Waals surface area contributed by atoms with Crippen LogP contribution in [0.5, 0.6) is 0 Å². The molecule has 0 bridgehead atoms. The Bertz CT molecular complexity index is 992. The lowest BCUT2D eigenvalue weighted by Gasteiger charge is -2.24. The van der Waals surface area contributed by atoms with Crippen molar-refractivity contribution in [2.45, 2.75) is 22.3 Å². The number of sulfone groups is 1. The average Bonchev–Trinajstić information content (AvgIpc) is 3.08. The molecule has 27 heavy (non-hydrogen) atoms. The van der Waals surface area contributed by atoms with Crippen molar-refractivity contribution in [1.82, 2.24) is 5.06 Å². The molecule has 1 aliphatic heterocycles. The van der Waals surface area contributed by atoms with Gasteiger partial charge in [-0.15, -0.1) is 0 Å². The van der Waals surface area contributed by atoms with Gasteiger partial charge in [-0.3, -0.25) is 4.84 Å². The van der Waals surface area contributed by atoms with Crippen LogP contribution in [-0.2, 0) is 14.7 Å². The molecule has 3 atom stereocenters. The SMILES string of the molecule is CN1O[C@H](c2ccccc2)[C@@H](S(=O)(=O)c2ccccc2)[C@@H]1c1ccccc1. The summed E-state index contributed by atoms with van der Waals surface area (Å²) in [6, 6.07) is 27.4. The van der Waals surface area contributed by atoms with Crippen LogP contribution >= 0.6 is 0 Å². The van der Waals surface area contributed by atoms with Crippen LogP contribution in [0.4, 0.5) is 0 Å². The van der Waals surface area contributed by atoms with E-state index >= 15 is 0 Å². The van der Waals surface area contributed by atoms with E-state index in [4.69, 9.17) is 4.84 Å². The molecule has 1 aliphatic rings. The maximum Gasteiger partial charge on any atom is 0.186 e. The van der Waals surface area contributed by atoms with Gasteiger partial charge >= 0.3 is 0 Å². The second-order valence-corrected chi connectivity index (χ2v) is 8.77. The normalized spacial score (nSPS) is 23.4. The summed E-state index contributed by atoms with van der Waals surface area (Å²) in [5.74, 6) is 0. The van der Waals surface area contributed by atoms with Crippen molar-refractivity contribution in [1.29, 1.82) is 0 Å². The first-order chi connectivity index (χ1) is 13.1. The molecule has 1 heterocycles. The lowest BCUT2D eigenvalue weighted by Crippen LogP contribution is -2.32. The third-order valence-electron chi connectivity index (χ3n) is 4.98. The second-order valence-electron chi connectivity index (χ2n) is 6.66. The van der Waals surface area contributed by atoms with Crippen LogP contribution in [-0.4, -0.2) is 25.8 Å². The Balaban J connectivity index is 1.87. The Kier molecular flexibility index (Phi) is 4.83. The van der Waals surface area contributed by atoms with E-state index in [1.54, 1.807) is 36.4 Å². The maximum atomic E-state index is 13.6. The van der Waals surface area contributed by atoms with Gasteiger partial charge in [-0.05, 0) is 23.3 Å². The highest BCUT2D eigenvalue weighted by molar-refractivity contribution is 7.92. The highest BCUT2D eigenvalue weighted by Crippen LogP contribution is 2.46. The number of rotatable bonds is 4. The minimum atomic E-state index is -3.63. The molecule has 1 saturated heterocycles. The predicted octanol–water partition coefficient (Wildman–Crippen LogP) is 4.19. The van der Waals surface area contributed by atoms with E-state index in [2.05, 4.69) is 0 Å². The van der Waals surface area contributed by atoms with Crippen LogP contribution in [0.1, 0.15) is 23.3 Å². The molecule has 0 amide bonds. The smallest absolute Gasteiger partial charge is 0.186 e. The molecule has 4 nitrogen and oxygen atoms in total. The highest BCUT2D eigenvalue weighted by atomic mass is 32.2. The lowest BCUT2D eigenvalue weighted by atomic mass is 9.97. The molecule has 0 radical (unpaired) electrons. The summed E-state index contributed by atoms with van der Waals surface area (Å²) in [5.41, 5.74) is 1.77. The fraction of sp³-hybridized carbons (Fsp3) is 0.182. The predicted molar refractivity (Wildman–Crippen MR) is 105 cm³/mol. The van der Waals surface area contributed by atoms with Crippen LogP contribution < -0.4 is 0 Å². The van der Waals surface area contributed by atoms with Gasteiger partial charge < -0.3 is 0 Å². The minimum absolute atomic E-state index is 0.316. The molecule has 0 N–H and O–H groups in total. The first-order valence-corrected chi connectivity index (χ1v) is 10.4. The average molecular weight is 379 g/mol. The van der Waals surface area contributed by atoms with E-state index in [9.17, 15) is 8.42 Å². The monoisotopic (exact) mass is 379 g/mol. The minimum Gasteiger partial charge on any atom is -0.289 e. The van der Waals surface area contributed by atoms with E-state index in [-0.39, 0.29) is 0 Å². The molecule has 0 aliphatic carbocycles. The van der Waals surface area contributed by atoms with Gasteiger partial charge in [-0.2, -0.15) is 5.06 Å². The molecule has 3 aromatic rings. The first-order valence-electron chi connectivity index (χ1n) is 8.87. The summed E-state index contributed by atoms with van der Waals surface area (Å²) in [4.78, 5) is 6.40. The molecule has 5 heteroatoms. The fourth-order valence-electron chi connectivity index (χ4n) is 3.72. The zero-order valence-corrected chi connectivity index (χ0v) is 15.8. The van der Waals surface area contributed by atoms with Crippen molar-refractivity contribution in [3.8, 4) is 0 Å². The molecule has 0 saturated carbocycles. The third-order valence-corrected chi connectivity index (χ3v) is 7.13. The molecule has 0 unspecified atom stereocenters. The van der Waals surface area contributed by atoms with E-state index in [1.165, 1.54) is 0 Å². The van der Waals surface area contributed by atoms with Crippen LogP contribution in [0.2, 0.25) is 0 Å². The van der Waals surface area contributed by atoms with Crippen molar-refractivity contribution < 1.29 is 13.3 Å². The third kappa shape index (κ3) is 3.30. The number of hydroxylamine groups is 2. The highest BCUT2D eigenvalue weighted by Gasteiger charge is 2.50. The number of benzene rings is 3. The van der Waals surface area contributed by atoms with Crippen LogP contribution in [0.15, 0.2) is 95.9 Å². The largest absolute Gasteiger partial charge is 0.289 e. The maximum absolute atomic E-state index is 13.6. The van der Waals surface area contributed by atoms with Gasteiger partial charge in [0, 0.05) is 7.05 Å². The number of nitrogens with zero attached hydrogens (tertiary/aromatic N) is 1. The summed E-state index contributed by atoms with van der Waals surface area (Å²) in [6.07, 6.45) is -0.577. The Morgan fingerprint density at radius 2 is 1.22 bits per heavy atom. The summed E-state index contributed by atoms with van der Waals surface area (Å²) >= 11 is 0. The molecular weight excluding hydrogens is 358 g/mol. The topological polar surface area (TPSA) is 46.6 Å². The molecule has 3 aromatic carbocycles. The van der Waals surface area contributed by atoms with E-state index in [0.29, 0.717) is 4.90 Å². The van der Waals surface area contributed by atoms with E-state index < -0.39 is 27.2 Å². The standard InChI is InChI=1S/C22H21NO3S/c1-23-20(17-11-5-2-6-12-17)22(21(26-23)18-13-7-3-8-14-18)27(24,25)19-15-9-4-10-16-19/h2-16,20-22H,1H3/t20-,21+,22-/m0/s1. The van der Waals surface area contributed by atoms with Gasteiger partial charge in [0.05, 0.1) is 10.9 Å². The first kappa shape index (κ1) is 17.9. The van der Waals surface area contributed by atoms with Crippen LogP contribution in [0, 0.1) is 0 Å². The molecule has 0 aromatic heterocycles. The Morgan fingerprint density at radius 3 is 1.78 bits per heavy atom. The fourth-order valence-corrected chi connectivity index (χ4v) is 5.77. The summed E-state index contributed by atoms with van der Waals surface area (Å²) in [6.45, 7) is 0. The van der Waals surface area contributed by atoms with Gasteiger partial charge in [0.15, 0.2) is 9.84 Å². The summed E-state index contributed by atoms with van der Waals surface area (Å²) in [7, 11) is -1.83. The van der Waals surface area contributed by atoms with Gasteiger partial charge in [-0.1, -0.05) is 78.9 Å². The number of hydrogen-bond donors (Lipinski definition) is 0. The van der Waals surface area contributed by atoms with Crippen LogP contribution in [0.3, 0.4) is 0 Å². The Hall–Kier alpha value is -2.47. The summed E-state index contributed by atoms with van der Waals surface area (Å²) in [5, 5.41) is 0.924. The Morgan fingerprint density at radius 1 is 0.741 bits per heavy atom. The molecular formula is C22H21NO3S. The zero-order valence-electron chi connectivity index (χ0n) is 15.0. The Labute approximate surface area is 159 Å². The van der Waals surface area contributed by atoms with Crippen molar-refractivity contribution in [3.63, 3.8) is 0 Å². The van der Waals surface area contributed by atoms with Crippen molar-refractivity contribution in [3.05, 3.63) is 102 Å². The van der Waals surface area contributed by atoms with E-state index in [0.717, 1.165) is 11.1 Å². The van der Waals surface area contributed by atoms with Crippen molar-refractivity contribution >= 4 is 9.84 Å². The zero-order chi connectivity index (χ0) is 18.9. The van der Waals surface area contributed by atoms with E-state index in [1.807, 2.05) is 66.7 Å². The van der Waals surface area contributed by atoms with Gasteiger partial charge in [0.25, 0.3) is 0 Å². The van der Waals surface area contributed by atoms with Gasteiger partial charge in [0.2, 0.25) is 0 Å². The molecule has 138 valence electrons. The summed E-state index contributed by atoms with van der Waals surface area (Å²) < 4.78 is 27.3. The lowest BCUT2D eigenvalue weighted by molar-refractivity contribution is -0.145. The quantitative estimate of drug-likeness (QED) is 0.682. The second kappa shape index (κ2) is 7.27. The van der Waals surface area contributed by atoms with Crippen LogP contribution in [0.25, 0.3) is 0 Å². The van der Waals surface area contributed by atoms with Gasteiger partial charge in [0.1, 0.15) is 11.4 Å². The molecule has 1 fully saturated rings. The van der Waals surface area contributed by atoms with Crippen molar-refractivity contribution in [2.24, 2.45) is 0 Å². The molecule has 0 spiro atoms. The van der Waals surface area contributed by atoms with Crippen molar-refractivity contribution in [2.75, 3.05) is 7.05 Å².